The number of nitrogens with zero attached hydrogens (tertiary/aromatic N) is 3. The van der Waals surface area contributed by atoms with Gasteiger partial charge in [0.1, 0.15) is 0 Å². The Morgan fingerprint density at radius 3 is 2.75 bits per heavy atom. The molecule has 2 rings (SSSR count). The molecule has 1 atom stereocenters. The highest BCUT2D eigenvalue weighted by Crippen LogP contribution is 2.15. The van der Waals surface area contributed by atoms with E-state index in [1.807, 2.05) is 31.2 Å². The van der Waals surface area contributed by atoms with Gasteiger partial charge in [-0.15, -0.1) is 5.10 Å². The summed E-state index contributed by atoms with van der Waals surface area (Å²) in [6.07, 6.45) is 1.41. The Labute approximate surface area is 121 Å². The highest BCUT2D eigenvalue weighted by atomic mass is 35.5. The third-order valence-corrected chi connectivity index (χ3v) is 3.17. The third kappa shape index (κ3) is 3.79. The van der Waals surface area contributed by atoms with Gasteiger partial charge in [0.25, 0.3) is 0 Å². The number of hydrogen-bond donors (Lipinski definition) is 2. The molecule has 0 radical (unpaired) electrons. The van der Waals surface area contributed by atoms with E-state index in [-0.39, 0.29) is 11.7 Å². The van der Waals surface area contributed by atoms with E-state index in [0.717, 1.165) is 5.56 Å². The first-order valence-electron chi connectivity index (χ1n) is 6.18. The predicted molar refractivity (Wildman–Crippen MR) is 74.9 cm³/mol. The first-order valence-corrected chi connectivity index (χ1v) is 6.56. The number of benzene rings is 1. The molecule has 0 saturated carbocycles. The second kappa shape index (κ2) is 6.49. The lowest BCUT2D eigenvalue weighted by atomic mass is 10.1. The maximum atomic E-state index is 10.7. The van der Waals surface area contributed by atoms with E-state index >= 15 is 0 Å². The van der Waals surface area contributed by atoms with E-state index in [4.69, 9.17) is 16.7 Å². The molecule has 1 unspecified atom stereocenters. The summed E-state index contributed by atoms with van der Waals surface area (Å²) in [7, 11) is 0. The molecule has 0 fully saturated rings. The SMILES string of the molecule is CC(NCCn1cc(C(=O)O)nn1)c1ccc(Cl)cc1. The van der Waals surface area contributed by atoms with Gasteiger partial charge >= 0.3 is 5.97 Å². The highest BCUT2D eigenvalue weighted by molar-refractivity contribution is 6.30. The Balaban J connectivity index is 1.82. The lowest BCUT2D eigenvalue weighted by Gasteiger charge is -2.14. The molecular weight excluding hydrogens is 280 g/mol. The van der Waals surface area contributed by atoms with Crippen LogP contribution in [0, 0.1) is 0 Å². The zero-order valence-electron chi connectivity index (χ0n) is 11.0. The minimum atomic E-state index is -1.07. The average Bonchev–Trinajstić information content (AvgIpc) is 2.88. The molecule has 0 aliphatic carbocycles. The van der Waals surface area contributed by atoms with Gasteiger partial charge in [0.15, 0.2) is 5.69 Å². The van der Waals surface area contributed by atoms with E-state index in [1.54, 1.807) is 0 Å². The van der Waals surface area contributed by atoms with Crippen molar-refractivity contribution < 1.29 is 9.90 Å². The van der Waals surface area contributed by atoms with Crippen LogP contribution in [0.1, 0.15) is 29.0 Å². The van der Waals surface area contributed by atoms with Gasteiger partial charge < -0.3 is 10.4 Å². The summed E-state index contributed by atoms with van der Waals surface area (Å²) in [5.41, 5.74) is 1.09. The van der Waals surface area contributed by atoms with Crippen molar-refractivity contribution in [3.05, 3.63) is 46.7 Å². The number of nitrogens with one attached hydrogen (secondary N) is 1. The largest absolute Gasteiger partial charge is 0.476 e. The van der Waals surface area contributed by atoms with Crippen molar-refractivity contribution in [3.63, 3.8) is 0 Å². The molecule has 0 bridgehead atoms. The van der Waals surface area contributed by atoms with Gasteiger partial charge in [-0.2, -0.15) is 0 Å². The molecule has 0 saturated heterocycles. The fourth-order valence-corrected chi connectivity index (χ4v) is 1.90. The second-order valence-corrected chi connectivity index (χ2v) is 4.84. The number of hydrogen-bond acceptors (Lipinski definition) is 4. The minimum absolute atomic E-state index is 0.0456. The number of aromatic carboxylic acids is 1. The van der Waals surface area contributed by atoms with E-state index in [9.17, 15) is 4.79 Å². The Morgan fingerprint density at radius 1 is 1.45 bits per heavy atom. The van der Waals surface area contributed by atoms with Gasteiger partial charge in [0.2, 0.25) is 0 Å². The van der Waals surface area contributed by atoms with Crippen LogP contribution in [-0.2, 0) is 6.54 Å². The molecule has 0 aliphatic heterocycles. The van der Waals surface area contributed by atoms with Crippen LogP contribution >= 0.6 is 11.6 Å². The van der Waals surface area contributed by atoms with Crippen molar-refractivity contribution in [2.75, 3.05) is 6.54 Å². The summed E-state index contributed by atoms with van der Waals surface area (Å²) in [5, 5.41) is 20.1. The molecule has 1 aromatic carbocycles. The zero-order valence-corrected chi connectivity index (χ0v) is 11.7. The van der Waals surface area contributed by atoms with Gasteiger partial charge in [0.05, 0.1) is 12.7 Å². The van der Waals surface area contributed by atoms with Crippen molar-refractivity contribution in [2.45, 2.75) is 19.5 Å². The summed E-state index contributed by atoms with van der Waals surface area (Å²) < 4.78 is 1.50. The van der Waals surface area contributed by atoms with Crippen LogP contribution in [-0.4, -0.2) is 32.6 Å². The first-order chi connectivity index (χ1) is 9.56. The van der Waals surface area contributed by atoms with Crippen LogP contribution in [0.2, 0.25) is 5.02 Å². The number of rotatable bonds is 6. The molecule has 7 heteroatoms. The Morgan fingerprint density at radius 2 is 2.15 bits per heavy atom. The van der Waals surface area contributed by atoms with E-state index < -0.39 is 5.97 Å². The normalized spacial score (nSPS) is 12.3. The van der Waals surface area contributed by atoms with E-state index in [2.05, 4.69) is 15.6 Å². The predicted octanol–water partition coefficient (Wildman–Crippen LogP) is 1.98. The molecule has 2 N–H and O–H groups in total. The Bertz CT molecular complexity index is 582. The Hall–Kier alpha value is -1.92. The number of halogens is 1. The van der Waals surface area contributed by atoms with Crippen LogP contribution in [0.25, 0.3) is 0 Å². The molecule has 20 heavy (non-hydrogen) atoms. The quantitative estimate of drug-likeness (QED) is 0.851. The Kier molecular flexibility index (Phi) is 4.70. The smallest absolute Gasteiger partial charge is 0.358 e. The first kappa shape index (κ1) is 14.5. The van der Waals surface area contributed by atoms with Gasteiger partial charge in [-0.1, -0.05) is 28.9 Å². The monoisotopic (exact) mass is 294 g/mol. The second-order valence-electron chi connectivity index (χ2n) is 4.40. The van der Waals surface area contributed by atoms with Crippen LogP contribution in [0.5, 0.6) is 0 Å². The van der Waals surface area contributed by atoms with Crippen LogP contribution in [0.4, 0.5) is 0 Å². The molecule has 6 nitrogen and oxygen atoms in total. The molecular formula is C13H15ClN4O2. The lowest BCUT2D eigenvalue weighted by molar-refractivity contribution is 0.0690. The maximum absolute atomic E-state index is 10.7. The summed E-state index contributed by atoms with van der Waals surface area (Å²) >= 11 is 5.84. The van der Waals surface area contributed by atoms with Gasteiger partial charge in [-0.05, 0) is 24.6 Å². The standard InChI is InChI=1S/C13H15ClN4O2/c1-9(10-2-4-11(14)5-3-10)15-6-7-18-8-12(13(19)20)16-17-18/h2-5,8-9,15H,6-7H2,1H3,(H,19,20). The van der Waals surface area contributed by atoms with E-state index in [0.29, 0.717) is 18.1 Å². The van der Waals surface area contributed by atoms with Crippen molar-refractivity contribution in [1.82, 2.24) is 20.3 Å². The summed E-state index contributed by atoms with van der Waals surface area (Å²) in [4.78, 5) is 10.7. The molecule has 2 aromatic rings. The average molecular weight is 295 g/mol. The molecule has 106 valence electrons. The van der Waals surface area contributed by atoms with Crippen molar-refractivity contribution in [3.8, 4) is 0 Å². The summed E-state index contributed by atoms with van der Waals surface area (Å²) in [6.45, 7) is 3.26. The minimum Gasteiger partial charge on any atom is -0.476 e. The van der Waals surface area contributed by atoms with Gasteiger partial charge in [-0.25, -0.2) is 4.79 Å². The number of carboxylic acids is 1. The lowest BCUT2D eigenvalue weighted by Crippen LogP contribution is -2.23. The van der Waals surface area contributed by atoms with Gasteiger partial charge in [-0.3, -0.25) is 4.68 Å². The number of carbonyl (C=O) groups is 1. The molecule has 1 heterocycles. The molecule has 0 aliphatic rings. The topological polar surface area (TPSA) is 80.0 Å². The van der Waals surface area contributed by atoms with Crippen LogP contribution in [0.3, 0.4) is 0 Å². The van der Waals surface area contributed by atoms with Crippen LogP contribution in [0.15, 0.2) is 30.5 Å². The number of aromatic nitrogens is 3. The summed E-state index contributed by atoms with van der Waals surface area (Å²) in [6, 6.07) is 7.82. The fraction of sp³-hybridized carbons (Fsp3) is 0.308. The maximum Gasteiger partial charge on any atom is 0.358 e. The summed E-state index contributed by atoms with van der Waals surface area (Å²) in [5.74, 6) is -1.07. The van der Waals surface area contributed by atoms with Crippen molar-refractivity contribution in [2.24, 2.45) is 0 Å². The highest BCUT2D eigenvalue weighted by Gasteiger charge is 2.08. The molecule has 0 amide bonds. The van der Waals surface area contributed by atoms with Gasteiger partial charge in [0, 0.05) is 17.6 Å². The zero-order chi connectivity index (χ0) is 14.5. The fourth-order valence-electron chi connectivity index (χ4n) is 1.77. The van der Waals surface area contributed by atoms with E-state index in [1.165, 1.54) is 10.9 Å². The number of carboxylic acid groups (broad SMARTS) is 1. The molecule has 1 aromatic heterocycles. The van der Waals surface area contributed by atoms with Crippen molar-refractivity contribution in [1.29, 1.82) is 0 Å². The third-order valence-electron chi connectivity index (χ3n) is 2.92. The molecule has 0 spiro atoms. The van der Waals surface area contributed by atoms with Crippen molar-refractivity contribution >= 4 is 17.6 Å². The van der Waals surface area contributed by atoms with Crippen LogP contribution < -0.4 is 5.32 Å².